The van der Waals surface area contributed by atoms with Gasteiger partial charge in [0.25, 0.3) is 0 Å². The van der Waals surface area contributed by atoms with E-state index in [4.69, 9.17) is 4.74 Å². The minimum absolute atomic E-state index is 0.0331. The highest BCUT2D eigenvalue weighted by molar-refractivity contribution is 5.76. The van der Waals surface area contributed by atoms with Gasteiger partial charge in [0.05, 0.1) is 25.4 Å². The first kappa shape index (κ1) is 58.3. The number of ether oxygens (including phenoxy) is 1. The van der Waals surface area contributed by atoms with E-state index in [1.807, 2.05) is 6.08 Å². The third-order valence-electron chi connectivity index (χ3n) is 12.2. The van der Waals surface area contributed by atoms with Crippen molar-refractivity contribution in [3.63, 3.8) is 0 Å². The zero-order valence-electron chi connectivity index (χ0n) is 40.2. The SMILES string of the molecule is CCCCCCCCCCCCCCCCCCCCC/C=C/C(O)C(CO)NC(=O)CCCCCCC/C=C\CCCCOC(=O)CCCCCCCCCCCCC. The Morgan fingerprint density at radius 2 is 0.783 bits per heavy atom. The summed E-state index contributed by atoms with van der Waals surface area (Å²) in [6, 6.07) is -0.648. The second-order valence-corrected chi connectivity index (χ2v) is 18.2. The molecule has 0 saturated heterocycles. The molecule has 60 heavy (non-hydrogen) atoms. The molecule has 0 aliphatic heterocycles. The molecule has 3 N–H and O–H groups in total. The van der Waals surface area contributed by atoms with Crippen LogP contribution in [-0.4, -0.2) is 47.4 Å². The van der Waals surface area contributed by atoms with E-state index in [0.29, 0.717) is 19.4 Å². The summed E-state index contributed by atoms with van der Waals surface area (Å²) in [4.78, 5) is 24.4. The molecule has 0 spiro atoms. The van der Waals surface area contributed by atoms with Crippen LogP contribution in [0, 0.1) is 0 Å². The van der Waals surface area contributed by atoms with Crippen molar-refractivity contribution in [3.05, 3.63) is 24.3 Å². The first-order chi connectivity index (χ1) is 29.5. The van der Waals surface area contributed by atoms with Gasteiger partial charge >= 0.3 is 5.97 Å². The number of esters is 1. The summed E-state index contributed by atoms with van der Waals surface area (Å²) in [6.07, 6.45) is 59.0. The van der Waals surface area contributed by atoms with Crippen LogP contribution < -0.4 is 5.32 Å². The Morgan fingerprint density at radius 3 is 1.18 bits per heavy atom. The van der Waals surface area contributed by atoms with Crippen molar-refractivity contribution in [1.82, 2.24) is 5.32 Å². The fourth-order valence-electron chi connectivity index (χ4n) is 8.10. The highest BCUT2D eigenvalue weighted by Crippen LogP contribution is 2.16. The molecule has 0 heterocycles. The molecule has 354 valence electrons. The Morgan fingerprint density at radius 1 is 0.450 bits per heavy atom. The number of rotatable bonds is 49. The van der Waals surface area contributed by atoms with Gasteiger partial charge in [-0.3, -0.25) is 9.59 Å². The largest absolute Gasteiger partial charge is 0.466 e. The molecule has 1 amide bonds. The topological polar surface area (TPSA) is 95.9 Å². The highest BCUT2D eigenvalue weighted by atomic mass is 16.5. The van der Waals surface area contributed by atoms with Gasteiger partial charge in [0.2, 0.25) is 5.91 Å². The summed E-state index contributed by atoms with van der Waals surface area (Å²) in [5.41, 5.74) is 0. The third kappa shape index (κ3) is 45.9. The van der Waals surface area contributed by atoms with E-state index < -0.39 is 12.1 Å². The van der Waals surface area contributed by atoms with Crippen molar-refractivity contribution in [2.75, 3.05) is 13.2 Å². The van der Waals surface area contributed by atoms with Crippen molar-refractivity contribution >= 4 is 11.9 Å². The van der Waals surface area contributed by atoms with Crippen LogP contribution in [0.2, 0.25) is 0 Å². The minimum Gasteiger partial charge on any atom is -0.466 e. The van der Waals surface area contributed by atoms with E-state index in [1.54, 1.807) is 6.08 Å². The van der Waals surface area contributed by atoms with Crippen LogP contribution in [0.25, 0.3) is 0 Å². The Bertz CT molecular complexity index is 935. The van der Waals surface area contributed by atoms with Crippen LogP contribution in [0.3, 0.4) is 0 Å². The molecule has 6 nitrogen and oxygen atoms in total. The molecule has 6 heteroatoms. The van der Waals surface area contributed by atoms with Gasteiger partial charge in [-0.25, -0.2) is 0 Å². The molecule has 0 radical (unpaired) electrons. The van der Waals surface area contributed by atoms with Crippen molar-refractivity contribution in [2.45, 2.75) is 296 Å². The standard InChI is InChI=1S/C54H103NO5/c1-3-5-7-9-11-13-15-16-17-18-19-20-21-22-23-24-27-30-34-38-42-46-52(57)51(50-56)55-53(58)47-43-39-35-31-28-25-29-33-37-41-45-49-60-54(59)48-44-40-36-32-26-14-12-10-8-6-4-2/h29,33,42,46,51-52,56-57H,3-28,30-32,34-41,43-45,47-50H2,1-2H3,(H,55,58)/b33-29-,46-42+. The molecule has 0 saturated carbocycles. The molecule has 0 bridgehead atoms. The normalized spacial score (nSPS) is 12.8. The Labute approximate surface area is 373 Å². The number of carbonyl (C=O) groups is 2. The smallest absolute Gasteiger partial charge is 0.305 e. The molecule has 0 aliphatic rings. The lowest BCUT2D eigenvalue weighted by Gasteiger charge is -2.20. The fourth-order valence-corrected chi connectivity index (χ4v) is 8.10. The van der Waals surface area contributed by atoms with Gasteiger partial charge < -0.3 is 20.3 Å². The molecular weight excluding hydrogens is 743 g/mol. The van der Waals surface area contributed by atoms with Crippen molar-refractivity contribution in [2.24, 2.45) is 0 Å². The Hall–Kier alpha value is -1.66. The molecule has 0 aromatic carbocycles. The summed E-state index contributed by atoms with van der Waals surface area (Å²) in [5.74, 6) is -0.128. The summed E-state index contributed by atoms with van der Waals surface area (Å²) in [6.45, 7) is 4.83. The quantitative estimate of drug-likeness (QED) is 0.0322. The molecule has 0 fully saturated rings. The second kappa shape index (κ2) is 50.0. The lowest BCUT2D eigenvalue weighted by atomic mass is 10.0. The van der Waals surface area contributed by atoms with Crippen LogP contribution in [0.5, 0.6) is 0 Å². The monoisotopic (exact) mass is 846 g/mol. The van der Waals surface area contributed by atoms with Gasteiger partial charge in [0, 0.05) is 12.8 Å². The summed E-state index contributed by atoms with van der Waals surface area (Å²) >= 11 is 0. The Kier molecular flexibility index (Phi) is 48.6. The molecular formula is C54H103NO5. The van der Waals surface area contributed by atoms with Gasteiger partial charge in [-0.2, -0.15) is 0 Å². The van der Waals surface area contributed by atoms with Crippen LogP contribution in [0.4, 0.5) is 0 Å². The van der Waals surface area contributed by atoms with Gasteiger partial charge in [0.1, 0.15) is 0 Å². The molecule has 0 rings (SSSR count). The fraction of sp³-hybridized carbons (Fsp3) is 0.889. The molecule has 0 aliphatic carbocycles. The van der Waals surface area contributed by atoms with E-state index in [2.05, 4.69) is 31.3 Å². The highest BCUT2D eigenvalue weighted by Gasteiger charge is 2.18. The number of unbranched alkanes of at least 4 members (excludes halogenated alkanes) is 36. The number of hydrogen-bond acceptors (Lipinski definition) is 5. The second-order valence-electron chi connectivity index (χ2n) is 18.2. The zero-order chi connectivity index (χ0) is 43.7. The van der Waals surface area contributed by atoms with Crippen LogP contribution in [0.15, 0.2) is 24.3 Å². The average Bonchev–Trinajstić information content (AvgIpc) is 3.25. The van der Waals surface area contributed by atoms with Crippen LogP contribution >= 0.6 is 0 Å². The number of carbonyl (C=O) groups excluding carboxylic acids is 2. The molecule has 0 aromatic rings. The van der Waals surface area contributed by atoms with E-state index in [9.17, 15) is 19.8 Å². The number of nitrogens with one attached hydrogen (secondary N) is 1. The van der Waals surface area contributed by atoms with Crippen molar-refractivity contribution in [1.29, 1.82) is 0 Å². The van der Waals surface area contributed by atoms with E-state index in [0.717, 1.165) is 83.5 Å². The maximum Gasteiger partial charge on any atom is 0.305 e. The Balaban J connectivity index is 3.55. The maximum atomic E-state index is 12.4. The van der Waals surface area contributed by atoms with Crippen molar-refractivity contribution in [3.8, 4) is 0 Å². The van der Waals surface area contributed by atoms with E-state index in [-0.39, 0.29) is 18.5 Å². The van der Waals surface area contributed by atoms with E-state index >= 15 is 0 Å². The number of aliphatic hydroxyl groups excluding tert-OH is 2. The number of amides is 1. The maximum absolute atomic E-state index is 12.4. The summed E-state index contributed by atoms with van der Waals surface area (Å²) in [7, 11) is 0. The van der Waals surface area contributed by atoms with Gasteiger partial charge in [-0.1, -0.05) is 237 Å². The first-order valence-corrected chi connectivity index (χ1v) is 26.6. The lowest BCUT2D eigenvalue weighted by molar-refractivity contribution is -0.143. The summed E-state index contributed by atoms with van der Waals surface area (Å²) in [5, 5.41) is 23.1. The number of allylic oxidation sites excluding steroid dienone is 3. The average molecular weight is 846 g/mol. The number of aliphatic hydroxyl groups is 2. The predicted octanol–water partition coefficient (Wildman–Crippen LogP) is 15.9. The first-order valence-electron chi connectivity index (χ1n) is 26.6. The van der Waals surface area contributed by atoms with Gasteiger partial charge in [-0.05, 0) is 57.8 Å². The summed E-state index contributed by atoms with van der Waals surface area (Å²) < 4.78 is 5.42. The van der Waals surface area contributed by atoms with E-state index in [1.165, 1.54) is 173 Å². The van der Waals surface area contributed by atoms with Gasteiger partial charge in [-0.15, -0.1) is 0 Å². The third-order valence-corrected chi connectivity index (χ3v) is 12.2. The van der Waals surface area contributed by atoms with Crippen molar-refractivity contribution < 1.29 is 24.5 Å². The van der Waals surface area contributed by atoms with Crippen LogP contribution in [0.1, 0.15) is 284 Å². The molecule has 2 unspecified atom stereocenters. The predicted molar refractivity (Wildman–Crippen MR) is 260 cm³/mol. The lowest BCUT2D eigenvalue weighted by Crippen LogP contribution is -2.45. The van der Waals surface area contributed by atoms with Crippen LogP contribution in [-0.2, 0) is 14.3 Å². The minimum atomic E-state index is -0.862. The molecule has 0 aromatic heterocycles. The zero-order valence-corrected chi connectivity index (χ0v) is 40.2. The number of hydrogen-bond donors (Lipinski definition) is 3. The van der Waals surface area contributed by atoms with Gasteiger partial charge in [0.15, 0.2) is 0 Å². The molecule has 2 atom stereocenters.